The highest BCUT2D eigenvalue weighted by Crippen LogP contribution is 2.27. The molecule has 134 valence electrons. The lowest BCUT2D eigenvalue weighted by Gasteiger charge is -2.33. The molecule has 0 spiro atoms. The van der Waals surface area contributed by atoms with Crippen LogP contribution in [0, 0.1) is 0 Å². The Kier molecular flexibility index (Phi) is 5.74. The molecule has 0 radical (unpaired) electrons. The third-order valence-electron chi connectivity index (χ3n) is 4.61. The Morgan fingerprint density at radius 2 is 1.75 bits per heavy atom. The molecule has 1 aliphatic carbocycles. The second-order valence-corrected chi connectivity index (χ2v) is 8.18. The van der Waals surface area contributed by atoms with Crippen molar-refractivity contribution in [3.63, 3.8) is 0 Å². The van der Waals surface area contributed by atoms with Gasteiger partial charge in [0.05, 0.1) is 19.1 Å². The van der Waals surface area contributed by atoms with Crippen molar-refractivity contribution in [2.24, 2.45) is 0 Å². The molecule has 1 saturated carbocycles. The Bertz CT molecular complexity index is 666. The van der Waals surface area contributed by atoms with Crippen LogP contribution in [0.4, 0.5) is 5.69 Å². The van der Waals surface area contributed by atoms with Gasteiger partial charge in [-0.25, -0.2) is 8.42 Å². The van der Waals surface area contributed by atoms with Crippen LogP contribution in [0.5, 0.6) is 5.75 Å². The number of hydrogen-bond donors (Lipinski definition) is 0. The summed E-state index contributed by atoms with van der Waals surface area (Å²) in [4.78, 5) is 14.5. The van der Waals surface area contributed by atoms with Crippen LogP contribution in [0.1, 0.15) is 32.6 Å². The van der Waals surface area contributed by atoms with Crippen LogP contribution in [-0.4, -0.2) is 51.7 Å². The molecule has 24 heavy (non-hydrogen) atoms. The summed E-state index contributed by atoms with van der Waals surface area (Å²) in [7, 11) is -0.279. The first kappa shape index (κ1) is 18.6. The average Bonchev–Trinajstić information content (AvgIpc) is 3.07. The van der Waals surface area contributed by atoms with Crippen molar-refractivity contribution < 1.29 is 17.9 Å². The minimum absolute atomic E-state index is 0.178. The third kappa shape index (κ3) is 4.01. The van der Waals surface area contributed by atoms with E-state index in [2.05, 4.69) is 0 Å². The molecule has 1 aliphatic rings. The highest BCUT2D eigenvalue weighted by molar-refractivity contribution is 7.92. The lowest BCUT2D eigenvalue weighted by molar-refractivity contribution is -0.132. The minimum atomic E-state index is -3.59. The van der Waals surface area contributed by atoms with E-state index in [0.717, 1.165) is 31.9 Å². The van der Waals surface area contributed by atoms with E-state index in [9.17, 15) is 13.2 Å². The van der Waals surface area contributed by atoms with Crippen LogP contribution in [0.2, 0.25) is 0 Å². The molecule has 0 aliphatic heterocycles. The van der Waals surface area contributed by atoms with Crippen molar-refractivity contribution in [1.29, 1.82) is 0 Å². The maximum absolute atomic E-state index is 12.8. The van der Waals surface area contributed by atoms with E-state index in [1.165, 1.54) is 4.31 Å². The number of benzene rings is 1. The highest BCUT2D eigenvalue weighted by Gasteiger charge is 2.33. The van der Waals surface area contributed by atoms with Crippen LogP contribution in [0.3, 0.4) is 0 Å². The fraction of sp³-hybridized carbons (Fsp3) is 0.588. The van der Waals surface area contributed by atoms with Gasteiger partial charge in [0.2, 0.25) is 15.9 Å². The predicted molar refractivity (Wildman–Crippen MR) is 94.8 cm³/mol. The molecule has 0 heterocycles. The second kappa shape index (κ2) is 7.42. The quantitative estimate of drug-likeness (QED) is 0.786. The summed E-state index contributed by atoms with van der Waals surface area (Å²) in [6, 6.07) is 6.09. The maximum atomic E-state index is 12.8. The van der Waals surface area contributed by atoms with Gasteiger partial charge in [0, 0.05) is 13.1 Å². The number of methoxy groups -OCH3 is 1. The number of ether oxygens (including phenoxy) is 1. The van der Waals surface area contributed by atoms with E-state index in [1.807, 2.05) is 0 Å². The van der Waals surface area contributed by atoms with Crippen LogP contribution in [-0.2, 0) is 14.8 Å². The van der Waals surface area contributed by atoms with Gasteiger partial charge in [-0.15, -0.1) is 0 Å². The van der Waals surface area contributed by atoms with Crippen molar-refractivity contribution in [1.82, 2.24) is 4.90 Å². The molecular weight excluding hydrogens is 328 g/mol. The van der Waals surface area contributed by atoms with Gasteiger partial charge in [0.15, 0.2) is 0 Å². The van der Waals surface area contributed by atoms with Gasteiger partial charge in [0.25, 0.3) is 0 Å². The first-order valence-corrected chi connectivity index (χ1v) is 10.0. The average molecular weight is 354 g/mol. The molecule has 1 aromatic rings. The van der Waals surface area contributed by atoms with Crippen LogP contribution < -0.4 is 9.04 Å². The highest BCUT2D eigenvalue weighted by atomic mass is 32.2. The van der Waals surface area contributed by atoms with Crippen molar-refractivity contribution >= 4 is 21.6 Å². The molecule has 6 nitrogen and oxygen atoms in total. The van der Waals surface area contributed by atoms with Crippen molar-refractivity contribution in [3.05, 3.63) is 24.3 Å². The predicted octanol–water partition coefficient (Wildman–Crippen LogP) is 2.25. The molecule has 0 bridgehead atoms. The van der Waals surface area contributed by atoms with Gasteiger partial charge in [-0.05, 0) is 44.0 Å². The van der Waals surface area contributed by atoms with E-state index in [0.29, 0.717) is 11.4 Å². The standard InChI is InChI=1S/C17H26N2O4S/c1-13(17(20)18(2)14-7-5-6-8-14)19(24(4,21)22)15-9-11-16(23-3)12-10-15/h9-14H,5-8H2,1-4H3/t13-/m1/s1. The number of sulfonamides is 1. The number of amides is 1. The number of nitrogens with zero attached hydrogens (tertiary/aromatic N) is 2. The topological polar surface area (TPSA) is 66.9 Å². The van der Waals surface area contributed by atoms with Crippen molar-refractivity contribution in [2.75, 3.05) is 24.7 Å². The zero-order valence-corrected chi connectivity index (χ0v) is 15.5. The summed E-state index contributed by atoms with van der Waals surface area (Å²) in [6.07, 6.45) is 5.32. The Labute approximate surface area is 144 Å². The lowest BCUT2D eigenvalue weighted by atomic mass is 10.2. The summed E-state index contributed by atoms with van der Waals surface area (Å²) in [5.74, 6) is 0.456. The van der Waals surface area contributed by atoms with Crippen LogP contribution >= 0.6 is 0 Å². The molecule has 0 saturated heterocycles. The molecule has 0 unspecified atom stereocenters. The summed E-state index contributed by atoms with van der Waals surface area (Å²) in [5.41, 5.74) is 0.457. The minimum Gasteiger partial charge on any atom is -0.497 e. The zero-order chi connectivity index (χ0) is 17.9. The fourth-order valence-corrected chi connectivity index (χ4v) is 4.47. The van der Waals surface area contributed by atoms with Crippen molar-refractivity contribution in [2.45, 2.75) is 44.7 Å². The number of hydrogen-bond acceptors (Lipinski definition) is 4. The fourth-order valence-electron chi connectivity index (χ4n) is 3.30. The molecule has 0 N–H and O–H groups in total. The second-order valence-electron chi connectivity index (χ2n) is 6.32. The van der Waals surface area contributed by atoms with Crippen LogP contribution in [0.15, 0.2) is 24.3 Å². The zero-order valence-electron chi connectivity index (χ0n) is 14.7. The van der Waals surface area contributed by atoms with Gasteiger partial charge in [-0.3, -0.25) is 9.10 Å². The Morgan fingerprint density at radius 3 is 2.21 bits per heavy atom. The maximum Gasteiger partial charge on any atom is 0.246 e. The molecule has 7 heteroatoms. The summed E-state index contributed by atoms with van der Waals surface area (Å²) in [5, 5.41) is 0. The first-order chi connectivity index (χ1) is 11.3. The number of anilines is 1. The number of carbonyl (C=O) groups excluding carboxylic acids is 1. The number of carbonyl (C=O) groups is 1. The van der Waals surface area contributed by atoms with E-state index >= 15 is 0 Å². The Balaban J connectivity index is 2.27. The smallest absolute Gasteiger partial charge is 0.246 e. The molecule has 0 aromatic heterocycles. The lowest BCUT2D eigenvalue weighted by Crippen LogP contribution is -2.50. The largest absolute Gasteiger partial charge is 0.497 e. The molecule has 2 rings (SSSR count). The normalized spacial score (nSPS) is 16.7. The van der Waals surface area contributed by atoms with Crippen LogP contribution in [0.25, 0.3) is 0 Å². The number of rotatable bonds is 6. The molecule has 1 amide bonds. The molecule has 1 fully saturated rings. The van der Waals surface area contributed by atoms with Crippen molar-refractivity contribution in [3.8, 4) is 5.75 Å². The van der Waals surface area contributed by atoms with E-state index in [1.54, 1.807) is 50.2 Å². The third-order valence-corrected chi connectivity index (χ3v) is 5.86. The monoisotopic (exact) mass is 354 g/mol. The van der Waals surface area contributed by atoms with Gasteiger partial charge in [-0.2, -0.15) is 0 Å². The summed E-state index contributed by atoms with van der Waals surface area (Å²) in [6.45, 7) is 1.64. The Hall–Kier alpha value is -1.76. The first-order valence-electron chi connectivity index (χ1n) is 8.16. The molecule has 1 atom stereocenters. The van der Waals surface area contributed by atoms with E-state index in [4.69, 9.17) is 4.74 Å². The molecular formula is C17H26N2O4S. The van der Waals surface area contributed by atoms with Gasteiger partial charge in [-0.1, -0.05) is 12.8 Å². The van der Waals surface area contributed by atoms with E-state index in [-0.39, 0.29) is 11.9 Å². The van der Waals surface area contributed by atoms with E-state index < -0.39 is 16.1 Å². The molecule has 1 aromatic carbocycles. The summed E-state index contributed by atoms with van der Waals surface area (Å²) >= 11 is 0. The number of likely N-dealkylation sites (N-methyl/N-ethyl adjacent to an activating group) is 1. The van der Waals surface area contributed by atoms with Gasteiger partial charge >= 0.3 is 0 Å². The van der Waals surface area contributed by atoms with Gasteiger partial charge < -0.3 is 9.64 Å². The Morgan fingerprint density at radius 1 is 1.21 bits per heavy atom. The summed E-state index contributed by atoms with van der Waals surface area (Å²) < 4.78 is 30.9. The SMILES string of the molecule is COc1ccc(N([C@H](C)C(=O)N(C)C2CCCC2)S(C)(=O)=O)cc1. The van der Waals surface area contributed by atoms with Gasteiger partial charge in [0.1, 0.15) is 11.8 Å².